The SMILES string of the molecule is CC(C)CN1CC(C(=O)NNC(=O)c2ccc(CSc3nc4ccccc4[nH]3)cc2)CC1=O. The van der Waals surface area contributed by atoms with Crippen LogP contribution in [0.15, 0.2) is 53.7 Å². The highest BCUT2D eigenvalue weighted by Gasteiger charge is 2.34. The second kappa shape index (κ2) is 10.1. The number of thioether (sulfide) groups is 1. The summed E-state index contributed by atoms with van der Waals surface area (Å²) in [4.78, 5) is 46.4. The topological polar surface area (TPSA) is 107 Å². The molecule has 9 heteroatoms. The number of aromatic nitrogens is 2. The minimum atomic E-state index is -0.450. The van der Waals surface area contributed by atoms with Crippen molar-refractivity contribution in [3.8, 4) is 0 Å². The van der Waals surface area contributed by atoms with Crippen molar-refractivity contribution in [3.63, 3.8) is 0 Å². The minimum Gasteiger partial charge on any atom is -0.342 e. The lowest BCUT2D eigenvalue weighted by Gasteiger charge is -2.18. The van der Waals surface area contributed by atoms with Crippen LogP contribution in [-0.4, -0.2) is 45.7 Å². The molecule has 3 aromatic rings. The number of nitrogens with zero attached hydrogens (tertiary/aromatic N) is 2. The summed E-state index contributed by atoms with van der Waals surface area (Å²) in [6.07, 6.45) is 0.173. The average Bonchev–Trinajstić information content (AvgIpc) is 3.39. The van der Waals surface area contributed by atoms with Gasteiger partial charge in [-0.2, -0.15) is 0 Å². The molecule has 33 heavy (non-hydrogen) atoms. The summed E-state index contributed by atoms with van der Waals surface area (Å²) >= 11 is 1.59. The van der Waals surface area contributed by atoms with Gasteiger partial charge < -0.3 is 9.88 Å². The average molecular weight is 466 g/mol. The number of hydrogen-bond acceptors (Lipinski definition) is 5. The van der Waals surface area contributed by atoms with Gasteiger partial charge in [0.05, 0.1) is 17.0 Å². The lowest BCUT2D eigenvalue weighted by Crippen LogP contribution is -2.45. The third-order valence-electron chi connectivity index (χ3n) is 5.43. The van der Waals surface area contributed by atoms with Crippen molar-refractivity contribution in [2.75, 3.05) is 13.1 Å². The molecule has 1 aliphatic heterocycles. The van der Waals surface area contributed by atoms with Gasteiger partial charge in [-0.25, -0.2) is 4.98 Å². The number of para-hydroxylation sites is 2. The second-order valence-electron chi connectivity index (χ2n) is 8.58. The van der Waals surface area contributed by atoms with E-state index in [1.165, 1.54) is 0 Å². The van der Waals surface area contributed by atoms with Crippen LogP contribution >= 0.6 is 11.8 Å². The number of nitrogens with one attached hydrogen (secondary N) is 3. The van der Waals surface area contributed by atoms with E-state index in [1.54, 1.807) is 28.8 Å². The lowest BCUT2D eigenvalue weighted by molar-refractivity contribution is -0.129. The number of carbonyl (C=O) groups excluding carboxylic acids is 3. The molecule has 2 aromatic carbocycles. The Morgan fingerprint density at radius 1 is 1.15 bits per heavy atom. The number of rotatable bonds is 7. The number of imidazole rings is 1. The number of hydrogen-bond donors (Lipinski definition) is 3. The van der Waals surface area contributed by atoms with Gasteiger partial charge in [-0.05, 0) is 35.7 Å². The Morgan fingerprint density at radius 3 is 2.64 bits per heavy atom. The van der Waals surface area contributed by atoms with Gasteiger partial charge in [0, 0.05) is 30.8 Å². The molecular weight excluding hydrogens is 438 g/mol. The van der Waals surface area contributed by atoms with Crippen LogP contribution in [0.1, 0.15) is 36.2 Å². The molecule has 0 aliphatic carbocycles. The molecule has 0 saturated carbocycles. The third-order valence-corrected chi connectivity index (χ3v) is 6.37. The summed E-state index contributed by atoms with van der Waals surface area (Å²) in [5.41, 5.74) is 8.34. The van der Waals surface area contributed by atoms with Crippen molar-refractivity contribution in [1.29, 1.82) is 0 Å². The summed E-state index contributed by atoms with van der Waals surface area (Å²) in [6, 6.07) is 15.1. The van der Waals surface area contributed by atoms with Gasteiger partial charge in [-0.15, -0.1) is 0 Å². The first-order valence-corrected chi connectivity index (χ1v) is 11.9. The molecule has 1 unspecified atom stereocenters. The maximum absolute atomic E-state index is 12.4. The monoisotopic (exact) mass is 465 g/mol. The Morgan fingerprint density at radius 2 is 1.91 bits per heavy atom. The van der Waals surface area contributed by atoms with Gasteiger partial charge in [-0.3, -0.25) is 25.2 Å². The lowest BCUT2D eigenvalue weighted by atomic mass is 10.1. The van der Waals surface area contributed by atoms with E-state index in [-0.39, 0.29) is 18.2 Å². The molecule has 1 aromatic heterocycles. The van der Waals surface area contributed by atoms with Gasteiger partial charge in [-0.1, -0.05) is 49.9 Å². The van der Waals surface area contributed by atoms with E-state index in [2.05, 4.69) is 20.8 Å². The van der Waals surface area contributed by atoms with Crippen LogP contribution < -0.4 is 10.9 Å². The maximum atomic E-state index is 12.4. The van der Waals surface area contributed by atoms with Crippen molar-refractivity contribution >= 4 is 40.5 Å². The summed E-state index contributed by atoms with van der Waals surface area (Å²) in [5, 5.41) is 0.845. The molecule has 3 N–H and O–H groups in total. The van der Waals surface area contributed by atoms with E-state index >= 15 is 0 Å². The Balaban J connectivity index is 1.25. The van der Waals surface area contributed by atoms with E-state index in [1.807, 2.05) is 50.2 Å². The molecule has 1 aliphatic rings. The first-order valence-electron chi connectivity index (χ1n) is 10.9. The van der Waals surface area contributed by atoms with Crippen LogP contribution in [0, 0.1) is 11.8 Å². The molecule has 0 spiro atoms. The van der Waals surface area contributed by atoms with E-state index < -0.39 is 11.8 Å². The minimum absolute atomic E-state index is 0.0220. The van der Waals surface area contributed by atoms with Crippen LogP contribution in [-0.2, 0) is 15.3 Å². The van der Waals surface area contributed by atoms with Gasteiger partial charge >= 0.3 is 0 Å². The Labute approximate surface area is 196 Å². The molecule has 8 nitrogen and oxygen atoms in total. The largest absolute Gasteiger partial charge is 0.342 e. The van der Waals surface area contributed by atoms with Crippen molar-refractivity contribution in [2.45, 2.75) is 31.2 Å². The number of fused-ring (bicyclic) bond motifs is 1. The van der Waals surface area contributed by atoms with Crippen LogP contribution in [0.3, 0.4) is 0 Å². The fourth-order valence-corrected chi connectivity index (χ4v) is 4.60. The van der Waals surface area contributed by atoms with Gasteiger partial charge in [0.15, 0.2) is 5.16 Å². The van der Waals surface area contributed by atoms with Gasteiger partial charge in [0.2, 0.25) is 11.8 Å². The summed E-state index contributed by atoms with van der Waals surface area (Å²) in [6.45, 7) is 5.08. The predicted molar refractivity (Wildman–Crippen MR) is 127 cm³/mol. The number of benzene rings is 2. The molecule has 3 amide bonds. The molecule has 2 heterocycles. The molecule has 1 atom stereocenters. The summed E-state index contributed by atoms with van der Waals surface area (Å²) in [5.74, 6) is -0.165. The normalized spacial score (nSPS) is 15.9. The highest BCUT2D eigenvalue weighted by Crippen LogP contribution is 2.23. The predicted octanol–water partition coefficient (Wildman–Crippen LogP) is 3.12. The molecule has 0 radical (unpaired) electrons. The Bertz CT molecular complexity index is 1130. The molecule has 4 rings (SSSR count). The fraction of sp³-hybridized carbons (Fsp3) is 0.333. The number of H-pyrrole nitrogens is 1. The van der Waals surface area contributed by atoms with Crippen molar-refractivity contribution in [2.24, 2.45) is 11.8 Å². The van der Waals surface area contributed by atoms with Gasteiger partial charge in [0.1, 0.15) is 0 Å². The highest BCUT2D eigenvalue weighted by molar-refractivity contribution is 7.98. The zero-order valence-electron chi connectivity index (χ0n) is 18.6. The first-order chi connectivity index (χ1) is 15.9. The van der Waals surface area contributed by atoms with Crippen LogP contribution in [0.2, 0.25) is 0 Å². The van der Waals surface area contributed by atoms with Gasteiger partial charge in [0.25, 0.3) is 5.91 Å². The number of amides is 3. The highest BCUT2D eigenvalue weighted by atomic mass is 32.2. The van der Waals surface area contributed by atoms with Crippen LogP contribution in [0.4, 0.5) is 0 Å². The van der Waals surface area contributed by atoms with E-state index in [0.29, 0.717) is 30.3 Å². The Kier molecular flexibility index (Phi) is 6.98. The van der Waals surface area contributed by atoms with Crippen LogP contribution in [0.25, 0.3) is 11.0 Å². The zero-order chi connectivity index (χ0) is 23.4. The van der Waals surface area contributed by atoms with Crippen LogP contribution in [0.5, 0.6) is 0 Å². The molecular formula is C24H27N5O3S. The van der Waals surface area contributed by atoms with Crippen molar-refractivity contribution < 1.29 is 14.4 Å². The molecule has 1 fully saturated rings. The van der Waals surface area contributed by atoms with E-state index in [4.69, 9.17) is 0 Å². The number of likely N-dealkylation sites (tertiary alicyclic amines) is 1. The van der Waals surface area contributed by atoms with E-state index in [9.17, 15) is 14.4 Å². The first kappa shape index (κ1) is 22.8. The van der Waals surface area contributed by atoms with Crippen molar-refractivity contribution in [1.82, 2.24) is 25.7 Å². The molecule has 0 bridgehead atoms. The van der Waals surface area contributed by atoms with Crippen molar-refractivity contribution in [3.05, 3.63) is 59.7 Å². The fourth-order valence-electron chi connectivity index (χ4n) is 3.76. The zero-order valence-corrected chi connectivity index (χ0v) is 19.4. The molecule has 1 saturated heterocycles. The molecule has 172 valence electrons. The number of carbonyl (C=O) groups is 3. The van der Waals surface area contributed by atoms with E-state index in [0.717, 1.165) is 21.8 Å². The standard InChI is InChI=1S/C24H27N5O3S/c1-15(2)12-29-13-18(11-21(29)30)23(32)28-27-22(31)17-9-7-16(8-10-17)14-33-24-25-19-5-3-4-6-20(19)26-24/h3-10,15,18H,11-14H2,1-2H3,(H,25,26)(H,27,31)(H,28,32). The number of hydrazine groups is 1. The smallest absolute Gasteiger partial charge is 0.269 e. The Hall–Kier alpha value is -3.33. The quantitative estimate of drug-likeness (QED) is 0.367. The summed E-state index contributed by atoms with van der Waals surface area (Å²) < 4.78 is 0. The number of aromatic amines is 1. The maximum Gasteiger partial charge on any atom is 0.269 e. The third kappa shape index (κ3) is 5.73. The summed E-state index contributed by atoms with van der Waals surface area (Å²) in [7, 11) is 0. The second-order valence-corrected chi connectivity index (χ2v) is 9.55.